The van der Waals surface area contributed by atoms with Gasteiger partial charge in [-0.2, -0.15) is 5.21 Å². The maximum atomic E-state index is 13.4. The van der Waals surface area contributed by atoms with E-state index in [4.69, 9.17) is 0 Å². The van der Waals surface area contributed by atoms with Crippen LogP contribution in [0.25, 0.3) is 0 Å². The van der Waals surface area contributed by atoms with Gasteiger partial charge in [0, 0.05) is 16.9 Å². The van der Waals surface area contributed by atoms with Gasteiger partial charge in [0.25, 0.3) is 11.9 Å². The number of amides is 3. The van der Waals surface area contributed by atoms with Crippen LogP contribution >= 0.6 is 0 Å². The maximum Gasteiger partial charge on any atom is 0.326 e. The third-order valence-corrected chi connectivity index (χ3v) is 6.68. The molecule has 0 radical (unpaired) electrons. The summed E-state index contributed by atoms with van der Waals surface area (Å²) in [7, 11) is 0. The number of hydrogen-bond donors (Lipinski definition) is 3. The van der Waals surface area contributed by atoms with Gasteiger partial charge in [0.15, 0.2) is 0 Å². The lowest BCUT2D eigenvalue weighted by molar-refractivity contribution is 0.102. The van der Waals surface area contributed by atoms with Crippen molar-refractivity contribution in [3.8, 4) is 0 Å². The van der Waals surface area contributed by atoms with E-state index >= 15 is 0 Å². The van der Waals surface area contributed by atoms with Gasteiger partial charge < -0.3 is 5.32 Å². The number of aromatic amines is 1. The lowest BCUT2D eigenvalue weighted by atomic mass is 9.84. The van der Waals surface area contributed by atoms with Crippen molar-refractivity contribution in [1.82, 2.24) is 20.6 Å². The Labute approximate surface area is 215 Å². The molecule has 5 rings (SSSR count). The quantitative estimate of drug-likeness (QED) is 0.302. The highest BCUT2D eigenvalue weighted by molar-refractivity contribution is 6.03. The molecule has 0 spiro atoms. The standard InChI is InChI=1S/C28H29N7O2/c36-26(30-27-31-33-34-32-27)23-13-11-20(12-14-23)19-35(28(37)29-24-9-5-2-6-10-24)25-17-15-22(16-18-25)21-7-3-1-4-8-21/h2,5-6,9-18,21H,1,3-4,7-8,19H2,(H,29,37)(H2,30,31,32,33,34,36). The summed E-state index contributed by atoms with van der Waals surface area (Å²) in [5.41, 5.74) is 4.21. The molecule has 188 valence electrons. The van der Waals surface area contributed by atoms with Crippen LogP contribution in [0.15, 0.2) is 78.9 Å². The second-order valence-electron chi connectivity index (χ2n) is 9.20. The van der Waals surface area contributed by atoms with Crippen molar-refractivity contribution in [2.75, 3.05) is 15.5 Å². The lowest BCUT2D eigenvalue weighted by Gasteiger charge is -2.25. The minimum atomic E-state index is -0.343. The third-order valence-electron chi connectivity index (χ3n) is 6.68. The number of nitrogens with zero attached hydrogens (tertiary/aromatic N) is 4. The second-order valence-corrected chi connectivity index (χ2v) is 9.20. The first kappa shape index (κ1) is 24.2. The Hall–Kier alpha value is -4.53. The molecule has 3 N–H and O–H groups in total. The van der Waals surface area contributed by atoms with Crippen molar-refractivity contribution in [1.29, 1.82) is 0 Å². The van der Waals surface area contributed by atoms with Gasteiger partial charge in [-0.25, -0.2) is 4.79 Å². The molecule has 1 aromatic heterocycles. The number of anilines is 3. The van der Waals surface area contributed by atoms with E-state index in [1.807, 2.05) is 54.6 Å². The highest BCUT2D eigenvalue weighted by Gasteiger charge is 2.20. The van der Waals surface area contributed by atoms with E-state index in [2.05, 4.69) is 43.4 Å². The molecule has 9 nitrogen and oxygen atoms in total. The molecule has 0 atom stereocenters. The van der Waals surface area contributed by atoms with Crippen LogP contribution in [-0.2, 0) is 6.54 Å². The predicted molar refractivity (Wildman–Crippen MR) is 142 cm³/mol. The first-order valence-corrected chi connectivity index (χ1v) is 12.5. The summed E-state index contributed by atoms with van der Waals surface area (Å²) in [6.07, 6.45) is 6.33. The number of hydrogen-bond acceptors (Lipinski definition) is 5. The Morgan fingerprint density at radius 3 is 2.27 bits per heavy atom. The van der Waals surface area contributed by atoms with Gasteiger partial charge in [-0.05, 0) is 71.5 Å². The lowest BCUT2D eigenvalue weighted by Crippen LogP contribution is -2.34. The number of nitrogens with one attached hydrogen (secondary N) is 3. The number of H-pyrrole nitrogens is 1. The summed E-state index contributed by atoms with van der Waals surface area (Å²) in [5.74, 6) is 0.361. The fourth-order valence-corrected chi connectivity index (χ4v) is 4.69. The molecule has 3 amide bonds. The van der Waals surface area contributed by atoms with Crippen LogP contribution in [0.4, 0.5) is 22.1 Å². The average Bonchev–Trinajstić information content (AvgIpc) is 3.46. The average molecular weight is 496 g/mol. The minimum absolute atomic E-state index is 0.106. The molecule has 0 aliphatic heterocycles. The molecule has 1 aliphatic rings. The van der Waals surface area contributed by atoms with Crippen molar-refractivity contribution in [3.63, 3.8) is 0 Å². The van der Waals surface area contributed by atoms with Crippen LogP contribution in [-0.4, -0.2) is 32.6 Å². The van der Waals surface area contributed by atoms with E-state index in [1.54, 1.807) is 17.0 Å². The van der Waals surface area contributed by atoms with E-state index in [0.29, 0.717) is 18.0 Å². The zero-order valence-electron chi connectivity index (χ0n) is 20.4. The van der Waals surface area contributed by atoms with E-state index in [0.717, 1.165) is 16.9 Å². The fourth-order valence-electron chi connectivity index (χ4n) is 4.69. The van der Waals surface area contributed by atoms with Crippen LogP contribution < -0.4 is 15.5 Å². The Morgan fingerprint density at radius 2 is 1.59 bits per heavy atom. The summed E-state index contributed by atoms with van der Waals surface area (Å²) in [6, 6.07) is 24.6. The van der Waals surface area contributed by atoms with Crippen molar-refractivity contribution < 1.29 is 9.59 Å². The third kappa shape index (κ3) is 6.19. The molecule has 1 fully saturated rings. The van der Waals surface area contributed by atoms with Crippen LogP contribution in [0.1, 0.15) is 59.5 Å². The SMILES string of the molecule is O=C(Nc1nn[nH]n1)c1ccc(CN(C(=O)Nc2ccccc2)c2ccc(C3CCCCC3)cc2)cc1. The number of aromatic nitrogens is 4. The van der Waals surface area contributed by atoms with Crippen molar-refractivity contribution in [3.05, 3.63) is 95.6 Å². The van der Waals surface area contributed by atoms with Crippen LogP contribution in [0, 0.1) is 0 Å². The van der Waals surface area contributed by atoms with Gasteiger partial charge in [-0.1, -0.05) is 66.8 Å². The predicted octanol–water partition coefficient (Wildman–Crippen LogP) is 5.74. The number of urea groups is 1. The smallest absolute Gasteiger partial charge is 0.308 e. The number of carbonyl (C=O) groups excluding carboxylic acids is 2. The van der Waals surface area contributed by atoms with Crippen molar-refractivity contribution in [2.24, 2.45) is 0 Å². The molecule has 1 saturated carbocycles. The first-order valence-electron chi connectivity index (χ1n) is 12.5. The van der Waals surface area contributed by atoms with E-state index < -0.39 is 0 Å². The number of rotatable bonds is 7. The van der Waals surface area contributed by atoms with Gasteiger partial charge in [0.1, 0.15) is 0 Å². The minimum Gasteiger partial charge on any atom is -0.308 e. The van der Waals surface area contributed by atoms with Gasteiger partial charge in [-0.3, -0.25) is 15.0 Å². The van der Waals surface area contributed by atoms with Gasteiger partial charge >= 0.3 is 6.03 Å². The van der Waals surface area contributed by atoms with E-state index in [1.165, 1.54) is 37.7 Å². The van der Waals surface area contributed by atoms with Crippen molar-refractivity contribution >= 4 is 29.3 Å². The Kier molecular flexibility index (Phi) is 7.50. The molecule has 9 heteroatoms. The topological polar surface area (TPSA) is 116 Å². The van der Waals surface area contributed by atoms with E-state index in [9.17, 15) is 9.59 Å². The summed E-state index contributed by atoms with van der Waals surface area (Å²) in [4.78, 5) is 27.5. The van der Waals surface area contributed by atoms with Gasteiger partial charge in [0.2, 0.25) is 0 Å². The van der Waals surface area contributed by atoms with E-state index in [-0.39, 0.29) is 17.9 Å². The number of carbonyl (C=O) groups is 2. The number of para-hydroxylation sites is 1. The number of tetrazole rings is 1. The monoisotopic (exact) mass is 495 g/mol. The first-order chi connectivity index (χ1) is 18.2. The largest absolute Gasteiger partial charge is 0.326 e. The molecule has 3 aromatic carbocycles. The Bertz CT molecular complexity index is 1300. The zero-order chi connectivity index (χ0) is 25.5. The Balaban J connectivity index is 1.34. The van der Waals surface area contributed by atoms with Gasteiger partial charge in [-0.15, -0.1) is 5.10 Å². The van der Waals surface area contributed by atoms with Crippen molar-refractivity contribution in [2.45, 2.75) is 44.6 Å². The fraction of sp³-hybridized carbons (Fsp3) is 0.250. The molecular weight excluding hydrogens is 466 g/mol. The van der Waals surface area contributed by atoms with Gasteiger partial charge in [0.05, 0.1) is 6.54 Å². The van der Waals surface area contributed by atoms with Crippen LogP contribution in [0.3, 0.4) is 0 Å². The molecule has 37 heavy (non-hydrogen) atoms. The second kappa shape index (κ2) is 11.5. The molecule has 4 aromatic rings. The normalized spacial score (nSPS) is 13.6. The maximum absolute atomic E-state index is 13.4. The molecule has 1 heterocycles. The molecule has 0 bridgehead atoms. The molecule has 0 unspecified atom stereocenters. The molecular formula is C28H29N7O2. The zero-order valence-corrected chi connectivity index (χ0v) is 20.4. The highest BCUT2D eigenvalue weighted by atomic mass is 16.2. The number of benzene rings is 3. The summed E-state index contributed by atoms with van der Waals surface area (Å²) < 4.78 is 0. The van der Waals surface area contributed by atoms with Crippen LogP contribution in [0.5, 0.6) is 0 Å². The molecule has 1 aliphatic carbocycles. The molecule has 0 saturated heterocycles. The highest BCUT2D eigenvalue weighted by Crippen LogP contribution is 2.33. The summed E-state index contributed by atoms with van der Waals surface area (Å²) in [5, 5.41) is 18.8. The summed E-state index contributed by atoms with van der Waals surface area (Å²) >= 11 is 0. The summed E-state index contributed by atoms with van der Waals surface area (Å²) in [6.45, 7) is 0.341. The Morgan fingerprint density at radius 1 is 0.865 bits per heavy atom. The van der Waals surface area contributed by atoms with Crippen LogP contribution in [0.2, 0.25) is 0 Å².